The fourth-order valence-corrected chi connectivity index (χ4v) is 10.2. The molecule has 3 spiro atoms. The Morgan fingerprint density at radius 1 is 0.508 bits per heavy atom. The van der Waals surface area contributed by atoms with Crippen LogP contribution in [0.25, 0.3) is 0 Å². The third-order valence-corrected chi connectivity index (χ3v) is 13.7. The van der Waals surface area contributed by atoms with Gasteiger partial charge in [0, 0.05) is 47.8 Å². The smallest absolute Gasteiger partial charge is 0.366 e. The van der Waals surface area contributed by atoms with Gasteiger partial charge >= 0.3 is 5.79 Å². The van der Waals surface area contributed by atoms with E-state index in [0.717, 1.165) is 27.8 Å². The maximum atomic E-state index is 7.45. The molecule has 6 atom stereocenters. The van der Waals surface area contributed by atoms with Crippen LogP contribution in [-0.2, 0) is 19.2 Å². The Morgan fingerprint density at radius 2 is 0.934 bits per heavy atom. The molecule has 10 rings (SSSR count). The summed E-state index contributed by atoms with van der Waals surface area (Å²) in [6, 6.07) is 47.5. The monoisotopic (exact) mass is 906 g/mol. The number of halogens is 5. The highest BCUT2D eigenvalue weighted by Crippen LogP contribution is 2.64. The average Bonchev–Trinajstić information content (AvgIpc) is 4.00. The van der Waals surface area contributed by atoms with Crippen molar-refractivity contribution in [1.82, 2.24) is 4.90 Å². The number of hydrogen-bond donors (Lipinski definition) is 0. The first-order valence-electron chi connectivity index (χ1n) is 19.7. The number of nitrogens with zero attached hydrogens (tertiary/aromatic N) is 4. The molecule has 6 aromatic rings. The van der Waals surface area contributed by atoms with Crippen LogP contribution >= 0.6 is 58.0 Å². The predicted octanol–water partition coefficient (Wildman–Crippen LogP) is 12.3. The van der Waals surface area contributed by atoms with Crippen LogP contribution in [0.1, 0.15) is 58.2 Å². The van der Waals surface area contributed by atoms with E-state index >= 15 is 0 Å². The zero-order chi connectivity index (χ0) is 41.9. The van der Waals surface area contributed by atoms with Gasteiger partial charge in [0.15, 0.2) is 0 Å². The highest BCUT2D eigenvalue weighted by atomic mass is 35.5. The van der Waals surface area contributed by atoms with Crippen molar-refractivity contribution in [3.05, 3.63) is 210 Å². The van der Waals surface area contributed by atoms with E-state index in [2.05, 4.69) is 24.0 Å². The van der Waals surface area contributed by atoms with Crippen LogP contribution in [0.3, 0.4) is 0 Å². The second-order valence-electron chi connectivity index (χ2n) is 15.5. The zero-order valence-electron chi connectivity index (χ0n) is 32.4. The van der Waals surface area contributed by atoms with E-state index in [1.54, 1.807) is 12.1 Å². The van der Waals surface area contributed by atoms with E-state index in [1.807, 2.05) is 127 Å². The first kappa shape index (κ1) is 40.0. The van der Waals surface area contributed by atoms with E-state index in [1.165, 1.54) is 0 Å². The third-order valence-electron chi connectivity index (χ3n) is 12.2. The average molecular weight is 909 g/mol. The highest BCUT2D eigenvalue weighted by Gasteiger charge is 2.86. The Bertz CT molecular complexity index is 2590. The standard InChI is InChI=1S/C48H35Cl5N4O4/c1-29(30-9-3-2-4-10-30)57-27-46(41(37-11-5-7-13-39(37)52)43(54-59-46)31-15-21-34(49)22-16-31)48(58-45(56-61-48)33-19-25-36(51)26-20-33)47(28-57)42(38-12-6-8-14-40(38)53)44(55-60-47)32-17-23-35(50)24-18-32/h2-26,29,41-42H,27-28H2,1H3/t29-,41-,42-,46-,47+,48?/m1/s1. The van der Waals surface area contributed by atoms with Crippen molar-refractivity contribution in [1.29, 1.82) is 0 Å². The summed E-state index contributed by atoms with van der Waals surface area (Å²) in [6.07, 6.45) is 0. The number of likely N-dealkylation sites (tertiary alicyclic amines) is 1. The summed E-state index contributed by atoms with van der Waals surface area (Å²) < 4.78 is 7.45. The van der Waals surface area contributed by atoms with E-state index in [4.69, 9.17) is 92.7 Å². The molecule has 0 N–H and O–H groups in total. The lowest BCUT2D eigenvalue weighted by molar-refractivity contribution is -0.383. The van der Waals surface area contributed by atoms with E-state index in [9.17, 15) is 0 Å². The van der Waals surface area contributed by atoms with Gasteiger partial charge in [-0.1, -0.05) is 159 Å². The van der Waals surface area contributed by atoms with Gasteiger partial charge in [-0.05, 0) is 89.4 Å². The fourth-order valence-electron chi connectivity index (χ4n) is 9.30. The number of benzene rings is 6. The number of fused-ring (bicyclic) bond motifs is 2. The molecule has 0 aromatic heterocycles. The minimum Gasteiger partial charge on any atom is -0.423 e. The molecule has 0 aliphatic carbocycles. The Morgan fingerprint density at radius 3 is 1.39 bits per heavy atom. The Balaban J connectivity index is 1.28. The van der Waals surface area contributed by atoms with Gasteiger partial charge in [-0.3, -0.25) is 4.90 Å². The van der Waals surface area contributed by atoms with Crippen molar-refractivity contribution < 1.29 is 19.2 Å². The van der Waals surface area contributed by atoms with Crippen molar-refractivity contribution in [2.75, 3.05) is 13.1 Å². The molecule has 6 aromatic carbocycles. The molecule has 13 heteroatoms. The van der Waals surface area contributed by atoms with E-state index < -0.39 is 28.8 Å². The van der Waals surface area contributed by atoms with E-state index in [0.29, 0.717) is 42.1 Å². The number of hydrogen-bond acceptors (Lipinski definition) is 8. The summed E-state index contributed by atoms with van der Waals surface area (Å²) in [4.78, 5) is 23.7. The molecule has 0 bridgehead atoms. The van der Waals surface area contributed by atoms with Crippen LogP contribution in [0.2, 0.25) is 25.1 Å². The van der Waals surface area contributed by atoms with Crippen molar-refractivity contribution in [2.45, 2.75) is 41.8 Å². The zero-order valence-corrected chi connectivity index (χ0v) is 36.2. The second-order valence-corrected chi connectivity index (χ2v) is 17.7. The summed E-state index contributed by atoms with van der Waals surface area (Å²) in [6.45, 7) is 2.54. The molecule has 1 unspecified atom stereocenters. The van der Waals surface area contributed by atoms with Crippen LogP contribution in [0.4, 0.5) is 0 Å². The number of piperidine rings is 1. The lowest BCUT2D eigenvalue weighted by Gasteiger charge is -2.58. The predicted molar refractivity (Wildman–Crippen MR) is 241 cm³/mol. The molecule has 4 heterocycles. The lowest BCUT2D eigenvalue weighted by atomic mass is 9.60. The van der Waals surface area contributed by atoms with Crippen molar-refractivity contribution in [2.24, 2.45) is 15.5 Å². The molecular weight excluding hydrogens is 874 g/mol. The molecule has 1 fully saturated rings. The molecule has 1 saturated heterocycles. The normalized spacial score (nSPS) is 26.0. The molecule has 4 aliphatic heterocycles. The Kier molecular flexibility index (Phi) is 10.3. The molecule has 4 aliphatic rings. The van der Waals surface area contributed by atoms with Crippen LogP contribution in [0.5, 0.6) is 0 Å². The SMILES string of the molecule is C[C@H](c1ccccc1)N1C[C@@]2(ON=C(c3ccc(Cl)cc3)[C@H]2c2ccccc2Cl)C2(ON=C(c3ccc(Cl)cc3)O2)[C@]2(C1)ON=C(c1ccc(Cl)cc1)[C@H]2c1ccccc1Cl. The quantitative estimate of drug-likeness (QED) is 0.159. The third kappa shape index (κ3) is 6.50. The van der Waals surface area contributed by atoms with Gasteiger partial charge in [0.1, 0.15) is 0 Å². The van der Waals surface area contributed by atoms with Gasteiger partial charge < -0.3 is 19.2 Å². The highest BCUT2D eigenvalue weighted by molar-refractivity contribution is 6.33. The van der Waals surface area contributed by atoms with Gasteiger partial charge in [0.2, 0.25) is 11.2 Å². The molecule has 8 nitrogen and oxygen atoms in total. The maximum absolute atomic E-state index is 7.45. The second kappa shape index (κ2) is 15.7. The topological polar surface area (TPSA) is 77.2 Å². The van der Waals surface area contributed by atoms with Gasteiger partial charge in [-0.2, -0.15) is 0 Å². The van der Waals surface area contributed by atoms with Crippen molar-refractivity contribution in [3.8, 4) is 0 Å². The summed E-state index contributed by atoms with van der Waals surface area (Å²) in [7, 11) is 0. The van der Waals surface area contributed by atoms with Gasteiger partial charge in [0.05, 0.1) is 36.3 Å². The molecular formula is C48H35Cl5N4O4. The molecule has 0 radical (unpaired) electrons. The van der Waals surface area contributed by atoms with Crippen molar-refractivity contribution in [3.63, 3.8) is 0 Å². The lowest BCUT2D eigenvalue weighted by Crippen LogP contribution is -2.81. The Hall–Kier alpha value is -5.06. The van der Waals surface area contributed by atoms with Gasteiger partial charge in [0.25, 0.3) is 5.90 Å². The van der Waals surface area contributed by atoms with E-state index in [-0.39, 0.29) is 25.0 Å². The number of rotatable bonds is 7. The van der Waals surface area contributed by atoms with Crippen LogP contribution in [-0.4, -0.2) is 52.3 Å². The van der Waals surface area contributed by atoms with Crippen LogP contribution in [0.15, 0.2) is 167 Å². The number of ether oxygens (including phenoxy) is 1. The molecule has 61 heavy (non-hydrogen) atoms. The van der Waals surface area contributed by atoms with Crippen LogP contribution in [0, 0.1) is 0 Å². The fraction of sp³-hybridized carbons (Fsp3) is 0.188. The minimum atomic E-state index is -1.97. The molecule has 306 valence electrons. The van der Waals surface area contributed by atoms with Crippen LogP contribution < -0.4 is 0 Å². The largest absolute Gasteiger partial charge is 0.423 e. The summed E-state index contributed by atoms with van der Waals surface area (Å²) in [5.74, 6) is -3.31. The first-order chi connectivity index (χ1) is 29.6. The maximum Gasteiger partial charge on any atom is 0.366 e. The van der Waals surface area contributed by atoms with Crippen molar-refractivity contribution >= 4 is 75.3 Å². The summed E-state index contributed by atoms with van der Waals surface area (Å²) >= 11 is 33.9. The van der Waals surface area contributed by atoms with Gasteiger partial charge in [-0.15, -0.1) is 0 Å². The minimum absolute atomic E-state index is 0.183. The summed E-state index contributed by atoms with van der Waals surface area (Å²) in [5.41, 5.74) is 2.55. The van der Waals surface area contributed by atoms with Gasteiger partial charge in [-0.25, -0.2) is 0 Å². The molecule has 0 amide bonds. The molecule has 0 saturated carbocycles. The first-order valence-corrected chi connectivity index (χ1v) is 21.5. The number of oxime groups is 3. The Labute approximate surface area is 377 Å². The summed E-state index contributed by atoms with van der Waals surface area (Å²) in [5, 5.41) is 17.4.